The summed E-state index contributed by atoms with van der Waals surface area (Å²) < 4.78 is 17.4. The molecule has 0 aliphatic carbocycles. The van der Waals surface area contributed by atoms with Gasteiger partial charge in [0.1, 0.15) is 32.2 Å². The van der Waals surface area contributed by atoms with Gasteiger partial charge in [-0.25, -0.2) is 15.0 Å². The highest BCUT2D eigenvalue weighted by Crippen LogP contribution is 2.42. The van der Waals surface area contributed by atoms with Crippen LogP contribution in [0.3, 0.4) is 0 Å². The van der Waals surface area contributed by atoms with Gasteiger partial charge in [-0.15, -0.1) is 0 Å². The van der Waals surface area contributed by atoms with E-state index in [0.717, 1.165) is 154 Å². The molecule has 10 heterocycles. The normalized spacial score (nSPS) is 13.8. The number of fused-ring (bicyclic) bond motifs is 9. The molecule has 23 heteroatoms. The molecule has 1 fully saturated rings. The number of aromatic nitrogens is 15. The fourth-order valence-corrected chi connectivity index (χ4v) is 15.1. The summed E-state index contributed by atoms with van der Waals surface area (Å²) in [5.74, 6) is 2.24. The molecule has 9 aromatic carbocycles. The summed E-state index contributed by atoms with van der Waals surface area (Å²) >= 11 is 3.45. The molecule has 19 rings (SSSR count). The van der Waals surface area contributed by atoms with Gasteiger partial charge in [-0.3, -0.25) is 29.0 Å². The number of pyridine rings is 3. The Balaban J connectivity index is 0.000000116. The van der Waals surface area contributed by atoms with Crippen molar-refractivity contribution in [2.75, 3.05) is 13.3 Å². The molecule has 0 spiro atoms. The number of nitrogens with zero attached hydrogens (tertiary/aromatic N) is 11. The minimum absolute atomic E-state index is 0. The zero-order valence-electron chi connectivity index (χ0n) is 58.0. The van der Waals surface area contributed by atoms with Crippen molar-refractivity contribution in [1.29, 1.82) is 0 Å². The summed E-state index contributed by atoms with van der Waals surface area (Å²) in [6.07, 6.45) is 5.76. The smallest absolute Gasteiger partial charge is 0.399 e. The molecule has 4 radical (unpaired) electrons. The Morgan fingerprint density at radius 1 is 0.423 bits per heavy atom. The maximum absolute atomic E-state index is 6.31. The lowest BCUT2D eigenvalue weighted by molar-refractivity contribution is 0.00578. The van der Waals surface area contributed by atoms with Crippen LogP contribution in [0.4, 0.5) is 0 Å². The van der Waals surface area contributed by atoms with E-state index in [1.807, 2.05) is 168 Å². The van der Waals surface area contributed by atoms with Gasteiger partial charge in [0.2, 0.25) is 0 Å². The van der Waals surface area contributed by atoms with Crippen LogP contribution in [0.25, 0.3) is 155 Å². The first-order chi connectivity index (χ1) is 49.8. The molecule has 18 aromatic rings. The molecule has 1 aliphatic rings. The van der Waals surface area contributed by atoms with Crippen molar-refractivity contribution in [1.82, 2.24) is 74.2 Å². The average molecular weight is 1460 g/mol. The number of H-pyrrole nitrogens is 4. The van der Waals surface area contributed by atoms with Crippen LogP contribution in [0, 0.1) is 20.8 Å². The molecule has 508 valence electrons. The summed E-state index contributed by atoms with van der Waals surface area (Å²) in [5.41, 5.74) is 22.5. The molecule has 1 aliphatic heterocycles. The number of hydrogen-bond acceptors (Lipinski definition) is 11. The summed E-state index contributed by atoms with van der Waals surface area (Å²) in [7, 11) is 10.3. The highest BCUT2D eigenvalue weighted by molar-refractivity contribution is 9.10. The zero-order valence-corrected chi connectivity index (χ0v) is 61.4. The van der Waals surface area contributed by atoms with Crippen molar-refractivity contribution in [3.8, 4) is 56.8 Å². The number of imidazole rings is 3. The fourth-order valence-electron chi connectivity index (χ4n) is 13.3. The van der Waals surface area contributed by atoms with Crippen LogP contribution in [0.15, 0.2) is 223 Å². The predicted molar refractivity (Wildman–Crippen MR) is 436 cm³/mol. The van der Waals surface area contributed by atoms with Crippen molar-refractivity contribution in [3.63, 3.8) is 0 Å². The number of aryl methyl sites for hydroxylation is 3. The third kappa shape index (κ3) is 12.8. The van der Waals surface area contributed by atoms with E-state index in [1.54, 1.807) is 0 Å². The van der Waals surface area contributed by atoms with Gasteiger partial charge >= 0.3 is 7.12 Å². The summed E-state index contributed by atoms with van der Waals surface area (Å²) in [6, 6.07) is 67.5. The van der Waals surface area contributed by atoms with Crippen LogP contribution < -0.4 is 5.46 Å². The Bertz CT molecular complexity index is 6180. The molecule has 17 nitrogen and oxygen atoms in total. The van der Waals surface area contributed by atoms with Crippen LogP contribution in [0.2, 0.25) is 0 Å². The van der Waals surface area contributed by atoms with E-state index in [0.29, 0.717) is 0 Å². The number of hydrogen-bond donors (Lipinski definition) is 4. The molecule has 0 saturated carbocycles. The SMILES string of the molecule is C.Cc1c(-c2ccc3[nH]nc(-c4nc5ccccc5[nH]4)c3c2)cnc2ccccc12.Cc1c(Br)cnc2ccccc12.[B]P(C)n1nc(-c2nc3ccccc3[nH]2)c2cc(-c3cnc4ccccc4c3C)ccc21.[B]P(C)n1nc(-c2nc3ccccc3[nH]2)c2cc(B3OC(C)(C)C(C)(C)O3)ccc21. The lowest BCUT2D eigenvalue weighted by Crippen LogP contribution is -2.41. The van der Waals surface area contributed by atoms with Crippen molar-refractivity contribution in [2.45, 2.75) is 67.1 Å². The quantitative estimate of drug-likeness (QED) is 0.0831. The standard InChI is InChI=1S/C25H19BN5P.C24H17N5.C21H23B2N4O2P.C10H8BrN.CH4/c1-15-17-7-3-4-8-20(17)27-14-19(15)16-11-12-23-18(13-16)24(30-31(23)32(2)26)25-28-21-9-5-6-10-22(21)29-25;1-14-16-6-2-3-7-19(16)25-13-18(14)15-10-11-20-17(12-15)23(29-28-20)24-26-21-8-4-5-9-22(21)27-24;1-20(2)21(3,4)29-23(28-20)13-10-11-17-14(12-13)18(26-27(17)30(5)22)19-24-15-8-6-7-9-16(15)25-19;1-7-8-4-2-3-5-10(8)12-6-9(7)11;/h3-14H,1-2H3,(H,28,29);2-13H,1H3,(H,26,27)(H,28,29);6-12H,1-5H3,(H,24,25);2-6H,1H3;1H4. The summed E-state index contributed by atoms with van der Waals surface area (Å²) in [6.45, 7) is 18.6. The second-order valence-electron chi connectivity index (χ2n) is 26.7. The maximum atomic E-state index is 6.31. The second kappa shape index (κ2) is 27.9. The topological polar surface area (TPSA) is 207 Å². The molecule has 104 heavy (non-hydrogen) atoms. The van der Waals surface area contributed by atoms with Gasteiger partial charge < -0.3 is 24.3 Å². The highest BCUT2D eigenvalue weighted by Gasteiger charge is 2.52. The van der Waals surface area contributed by atoms with Crippen LogP contribution in [0.5, 0.6) is 0 Å². The first-order valence-corrected chi connectivity index (χ1v) is 38.2. The molecule has 9 aromatic heterocycles. The highest BCUT2D eigenvalue weighted by atomic mass is 79.9. The van der Waals surface area contributed by atoms with E-state index >= 15 is 0 Å². The van der Waals surface area contributed by atoms with Crippen LogP contribution in [0.1, 0.15) is 51.8 Å². The number of rotatable bonds is 8. The van der Waals surface area contributed by atoms with E-state index < -0.39 is 34.2 Å². The van der Waals surface area contributed by atoms with E-state index in [1.165, 1.54) is 27.5 Å². The van der Waals surface area contributed by atoms with Gasteiger partial charge in [0.25, 0.3) is 0 Å². The lowest BCUT2D eigenvalue weighted by Gasteiger charge is -2.32. The van der Waals surface area contributed by atoms with Gasteiger partial charge in [-0.05, 0) is 212 Å². The number of halogens is 1. The Hall–Kier alpha value is -10.5. The molecule has 2 atom stereocenters. The van der Waals surface area contributed by atoms with Gasteiger partial charge in [0.15, 0.2) is 17.5 Å². The molecule has 2 unspecified atom stereocenters. The largest absolute Gasteiger partial charge is 0.494 e. The minimum atomic E-state index is -0.938. The predicted octanol–water partition coefficient (Wildman–Crippen LogP) is 19.5. The van der Waals surface area contributed by atoms with E-state index in [-0.39, 0.29) is 7.43 Å². The van der Waals surface area contributed by atoms with E-state index in [9.17, 15) is 0 Å². The Kier molecular flexibility index (Phi) is 18.6. The number of nitrogens with one attached hydrogen (secondary N) is 4. The van der Waals surface area contributed by atoms with Crippen LogP contribution >= 0.6 is 31.8 Å². The monoisotopic (exact) mass is 1460 g/mol. The molecular weight excluding hydrogens is 1390 g/mol. The van der Waals surface area contributed by atoms with E-state index in [4.69, 9.17) is 49.6 Å². The van der Waals surface area contributed by atoms with E-state index in [2.05, 4.69) is 177 Å². The van der Waals surface area contributed by atoms with Crippen molar-refractivity contribution < 1.29 is 9.31 Å². The van der Waals surface area contributed by atoms with Crippen LogP contribution in [-0.4, -0.2) is 121 Å². The number of aromatic amines is 4. The van der Waals surface area contributed by atoms with Crippen molar-refractivity contribution >= 4 is 158 Å². The fraction of sp³-hybridized carbons (Fsp3) is 0.148. The average Bonchev–Trinajstić information content (AvgIpc) is 1.57. The number of benzene rings is 9. The van der Waals surface area contributed by atoms with Crippen LogP contribution in [-0.2, 0) is 9.31 Å². The third-order valence-electron chi connectivity index (χ3n) is 19.6. The molecule has 4 N–H and O–H groups in total. The molecular formula is C81H71B3BrN15O2P2. The van der Waals surface area contributed by atoms with Gasteiger partial charge in [-0.2, -0.15) is 15.3 Å². The zero-order chi connectivity index (χ0) is 71.0. The summed E-state index contributed by atoms with van der Waals surface area (Å²) in [4.78, 5) is 38.1. The van der Waals surface area contributed by atoms with Crippen molar-refractivity contribution in [3.05, 3.63) is 240 Å². The lowest BCUT2D eigenvalue weighted by atomic mass is 9.78. The molecule has 0 bridgehead atoms. The Labute approximate surface area is 614 Å². The third-order valence-corrected chi connectivity index (χ3v) is 22.2. The first-order valence-electron chi connectivity index (χ1n) is 33.7. The first kappa shape index (κ1) is 69.2. The van der Waals surface area contributed by atoms with Gasteiger partial charge in [-0.1, -0.05) is 123 Å². The minimum Gasteiger partial charge on any atom is -0.399 e. The van der Waals surface area contributed by atoms with Crippen molar-refractivity contribution in [2.24, 2.45) is 0 Å². The van der Waals surface area contributed by atoms with Gasteiger partial charge in [0.05, 0.1) is 77.4 Å². The molecule has 0 amide bonds. The number of para-hydroxylation sites is 9. The second-order valence-corrected chi connectivity index (χ2v) is 30.6. The Morgan fingerprint density at radius 2 is 0.808 bits per heavy atom. The summed E-state index contributed by atoms with van der Waals surface area (Å²) in [5, 5.41) is 23.9. The molecule has 1 saturated heterocycles. The van der Waals surface area contributed by atoms with Gasteiger partial charge in [0, 0.05) is 66.5 Å². The maximum Gasteiger partial charge on any atom is 0.494 e. The Morgan fingerprint density at radius 3 is 1.27 bits per heavy atom.